The summed E-state index contributed by atoms with van der Waals surface area (Å²) in [5, 5.41) is 26.2. The van der Waals surface area contributed by atoms with Gasteiger partial charge in [-0.1, -0.05) is 30.3 Å². The molecule has 0 fully saturated rings. The summed E-state index contributed by atoms with van der Waals surface area (Å²) in [4.78, 5) is 20.9. The zero-order chi connectivity index (χ0) is 19.2. The lowest BCUT2D eigenvalue weighted by atomic mass is 10.0. The summed E-state index contributed by atoms with van der Waals surface area (Å²) in [6.07, 6.45) is -5.49. The van der Waals surface area contributed by atoms with Crippen molar-refractivity contribution in [1.29, 1.82) is 0 Å². The lowest BCUT2D eigenvalue weighted by Gasteiger charge is -2.13. The largest absolute Gasteiger partial charge is 0.478 e. The Hall–Kier alpha value is -2.87. The average molecular weight is 356 g/mol. The maximum atomic E-state index is 12.3. The lowest BCUT2D eigenvalue weighted by Crippen LogP contribution is -2.10. The number of benzene rings is 2. The summed E-state index contributed by atoms with van der Waals surface area (Å²) < 4.78 is 36.9. The number of carboxylic acid groups (broad SMARTS) is 2. The molecule has 134 valence electrons. The molecule has 0 bridgehead atoms. The normalized spacial score (nSPS) is 11.9. The molecule has 0 aliphatic rings. The molecule has 3 N–H and O–H groups in total. The number of alkyl halides is 3. The van der Waals surface area contributed by atoms with Gasteiger partial charge in [0.1, 0.15) is 0 Å². The van der Waals surface area contributed by atoms with Gasteiger partial charge in [0.05, 0.1) is 22.8 Å². The van der Waals surface area contributed by atoms with Gasteiger partial charge in [-0.05, 0) is 30.7 Å². The highest BCUT2D eigenvalue weighted by Crippen LogP contribution is 2.34. The van der Waals surface area contributed by atoms with Crippen LogP contribution < -0.4 is 0 Å². The minimum absolute atomic E-state index is 0.0880. The Labute approximate surface area is 141 Å². The van der Waals surface area contributed by atoms with E-state index < -0.39 is 29.8 Å². The third-order valence-electron chi connectivity index (χ3n) is 3.10. The second-order valence-corrected chi connectivity index (χ2v) is 4.92. The summed E-state index contributed by atoms with van der Waals surface area (Å²) in [6, 6.07) is 10.5. The van der Waals surface area contributed by atoms with Crippen LogP contribution in [0.5, 0.6) is 0 Å². The van der Waals surface area contributed by atoms with Gasteiger partial charge in [-0.3, -0.25) is 0 Å². The topological polar surface area (TPSA) is 94.8 Å². The predicted octanol–water partition coefficient (Wildman–Crippen LogP) is 3.84. The van der Waals surface area contributed by atoms with E-state index in [9.17, 15) is 22.8 Å². The van der Waals surface area contributed by atoms with E-state index in [2.05, 4.69) is 0 Å². The molecule has 0 spiro atoms. The second kappa shape index (κ2) is 8.29. The summed E-state index contributed by atoms with van der Waals surface area (Å²) in [6.45, 7) is 1.31. The molecular formula is C17H15F3O5. The molecule has 2 rings (SSSR count). The molecule has 0 amide bonds. The van der Waals surface area contributed by atoms with Crippen LogP contribution in [0.3, 0.4) is 0 Å². The van der Waals surface area contributed by atoms with Crippen LogP contribution in [-0.2, 0) is 6.18 Å². The molecular weight excluding hydrogens is 341 g/mol. The maximum Gasteiger partial charge on any atom is 0.416 e. The van der Waals surface area contributed by atoms with Gasteiger partial charge in [0.15, 0.2) is 0 Å². The Kier molecular flexibility index (Phi) is 6.69. The maximum absolute atomic E-state index is 12.3. The van der Waals surface area contributed by atoms with Crippen LogP contribution in [0.4, 0.5) is 13.2 Å². The predicted molar refractivity (Wildman–Crippen MR) is 82.4 cm³/mol. The molecule has 1 atom stereocenters. The van der Waals surface area contributed by atoms with Gasteiger partial charge < -0.3 is 15.3 Å². The molecule has 0 saturated heterocycles. The Morgan fingerprint density at radius 1 is 0.880 bits per heavy atom. The summed E-state index contributed by atoms with van der Waals surface area (Å²) >= 11 is 0. The first-order valence-corrected chi connectivity index (χ1v) is 6.95. The van der Waals surface area contributed by atoms with E-state index in [1.54, 1.807) is 0 Å². The number of hydrogen-bond acceptors (Lipinski definition) is 3. The fraction of sp³-hybridized carbons (Fsp3) is 0.176. The van der Waals surface area contributed by atoms with Gasteiger partial charge in [0.25, 0.3) is 0 Å². The van der Waals surface area contributed by atoms with Crippen molar-refractivity contribution >= 4 is 11.9 Å². The number of hydrogen-bond donors (Lipinski definition) is 3. The molecule has 0 aliphatic heterocycles. The number of carbonyl (C=O) groups is 2. The third kappa shape index (κ3) is 5.61. The molecule has 2 aromatic rings. The van der Waals surface area contributed by atoms with Gasteiger partial charge in [0, 0.05) is 0 Å². The van der Waals surface area contributed by atoms with E-state index >= 15 is 0 Å². The van der Waals surface area contributed by atoms with E-state index in [0.29, 0.717) is 0 Å². The van der Waals surface area contributed by atoms with E-state index in [4.69, 9.17) is 15.3 Å². The first-order chi connectivity index (χ1) is 11.6. The minimum Gasteiger partial charge on any atom is -0.478 e. The summed E-state index contributed by atoms with van der Waals surface area (Å²) in [5.74, 6) is -2.46. The van der Waals surface area contributed by atoms with Crippen LogP contribution in [0.25, 0.3) is 0 Å². The van der Waals surface area contributed by atoms with Crippen molar-refractivity contribution in [3.8, 4) is 0 Å². The lowest BCUT2D eigenvalue weighted by molar-refractivity contribution is -0.139. The van der Waals surface area contributed by atoms with Crippen LogP contribution in [0.1, 0.15) is 44.9 Å². The van der Waals surface area contributed by atoms with Gasteiger partial charge in [-0.2, -0.15) is 13.2 Å². The molecule has 0 radical (unpaired) electrons. The molecule has 0 aliphatic carbocycles. The van der Waals surface area contributed by atoms with Crippen molar-refractivity contribution in [1.82, 2.24) is 0 Å². The average Bonchev–Trinajstić information content (AvgIpc) is 2.54. The highest BCUT2D eigenvalue weighted by molar-refractivity contribution is 6.01. The van der Waals surface area contributed by atoms with E-state index in [-0.39, 0.29) is 16.7 Å². The second-order valence-electron chi connectivity index (χ2n) is 4.92. The Bertz CT molecular complexity index is 721. The molecule has 5 nitrogen and oxygen atoms in total. The highest BCUT2D eigenvalue weighted by atomic mass is 19.4. The summed E-state index contributed by atoms with van der Waals surface area (Å²) in [7, 11) is 0. The van der Waals surface area contributed by atoms with Crippen molar-refractivity contribution in [3.63, 3.8) is 0 Å². The molecule has 0 saturated carbocycles. The van der Waals surface area contributed by atoms with E-state index in [1.807, 2.05) is 0 Å². The van der Waals surface area contributed by atoms with E-state index in [0.717, 1.165) is 6.07 Å². The van der Waals surface area contributed by atoms with Gasteiger partial charge in [-0.25, -0.2) is 9.59 Å². The highest BCUT2D eigenvalue weighted by Gasteiger charge is 2.33. The Morgan fingerprint density at radius 3 is 1.60 bits per heavy atom. The van der Waals surface area contributed by atoms with Crippen LogP contribution in [-0.4, -0.2) is 27.3 Å². The van der Waals surface area contributed by atoms with Crippen molar-refractivity contribution in [2.75, 3.05) is 0 Å². The Balaban J connectivity index is 0.000000251. The quantitative estimate of drug-likeness (QED) is 0.777. The van der Waals surface area contributed by atoms with Gasteiger partial charge >= 0.3 is 18.1 Å². The summed E-state index contributed by atoms with van der Waals surface area (Å²) in [5.41, 5.74) is -1.24. The van der Waals surface area contributed by atoms with Crippen molar-refractivity contribution in [3.05, 3.63) is 70.8 Å². The molecule has 0 aromatic heterocycles. The number of rotatable bonds is 3. The number of carboxylic acids is 2. The van der Waals surface area contributed by atoms with Crippen LogP contribution >= 0.6 is 0 Å². The molecule has 2 aromatic carbocycles. The molecule has 8 heteroatoms. The molecule has 0 heterocycles. The number of aliphatic hydroxyl groups excluding tert-OH is 1. The van der Waals surface area contributed by atoms with Crippen molar-refractivity contribution in [2.45, 2.75) is 19.2 Å². The SMILES string of the molecule is C[C@H](O)c1ccccc1C(F)(F)F.O=C(O)c1ccccc1C(=O)O. The van der Waals surface area contributed by atoms with Gasteiger partial charge in [0.2, 0.25) is 0 Å². The van der Waals surface area contributed by atoms with Crippen LogP contribution in [0.15, 0.2) is 48.5 Å². The Morgan fingerprint density at radius 2 is 1.28 bits per heavy atom. The zero-order valence-corrected chi connectivity index (χ0v) is 13.0. The van der Waals surface area contributed by atoms with E-state index in [1.165, 1.54) is 49.4 Å². The number of aliphatic hydroxyl groups is 1. The van der Waals surface area contributed by atoms with Crippen molar-refractivity contribution < 1.29 is 38.1 Å². The number of halogens is 3. The minimum atomic E-state index is -4.40. The first kappa shape index (κ1) is 20.2. The molecule has 0 unspecified atom stereocenters. The standard InChI is InChI=1S/C9H9F3O.C8H6O4/c1-6(13)7-4-2-3-5-8(7)9(10,11)12;9-7(10)5-3-1-2-4-6(5)8(11)12/h2-6,13H,1H3;1-4H,(H,9,10)(H,11,12)/t6-;/m0./s1. The monoisotopic (exact) mass is 356 g/mol. The van der Waals surface area contributed by atoms with Crippen molar-refractivity contribution in [2.24, 2.45) is 0 Å². The van der Waals surface area contributed by atoms with Gasteiger partial charge in [-0.15, -0.1) is 0 Å². The fourth-order valence-electron chi connectivity index (χ4n) is 1.98. The smallest absolute Gasteiger partial charge is 0.416 e. The fourth-order valence-corrected chi connectivity index (χ4v) is 1.98. The third-order valence-corrected chi connectivity index (χ3v) is 3.10. The van der Waals surface area contributed by atoms with Crippen LogP contribution in [0.2, 0.25) is 0 Å². The first-order valence-electron chi connectivity index (χ1n) is 6.95. The number of aromatic carboxylic acids is 2. The van der Waals surface area contributed by atoms with Crippen LogP contribution in [0, 0.1) is 0 Å². The zero-order valence-electron chi connectivity index (χ0n) is 13.0. The molecule has 25 heavy (non-hydrogen) atoms.